The standard InChI is InChI=1S/C17H17N3O3/c21-14-4-2-13(3-5-14)8-10-18-17(22)16-7-6-15(23-16)12-20-11-1-9-19-20/h1-7,9,11,21H,8,10,12H2,(H,18,22). The molecule has 0 aliphatic carbocycles. The lowest BCUT2D eigenvalue weighted by atomic mass is 10.1. The molecule has 0 unspecified atom stereocenters. The summed E-state index contributed by atoms with van der Waals surface area (Å²) >= 11 is 0. The van der Waals surface area contributed by atoms with Crippen LogP contribution in [0.4, 0.5) is 0 Å². The zero-order valence-electron chi connectivity index (χ0n) is 12.5. The third kappa shape index (κ3) is 4.00. The van der Waals surface area contributed by atoms with E-state index in [1.807, 2.05) is 24.4 Å². The number of aromatic nitrogens is 2. The van der Waals surface area contributed by atoms with Crippen molar-refractivity contribution in [3.63, 3.8) is 0 Å². The second-order valence-corrected chi connectivity index (χ2v) is 5.14. The number of phenols is 1. The molecule has 2 heterocycles. The van der Waals surface area contributed by atoms with Crippen LogP contribution in [0.15, 0.2) is 59.3 Å². The van der Waals surface area contributed by atoms with E-state index in [9.17, 15) is 9.90 Å². The van der Waals surface area contributed by atoms with Gasteiger partial charge in [-0.25, -0.2) is 0 Å². The SMILES string of the molecule is O=C(NCCc1ccc(O)cc1)c1ccc(Cn2cccn2)o1. The third-order valence-electron chi connectivity index (χ3n) is 3.40. The van der Waals surface area contributed by atoms with E-state index in [4.69, 9.17) is 4.42 Å². The Kier molecular flexibility index (Phi) is 4.42. The molecule has 0 aliphatic rings. The largest absolute Gasteiger partial charge is 0.508 e. The van der Waals surface area contributed by atoms with Crippen molar-refractivity contribution in [2.45, 2.75) is 13.0 Å². The van der Waals surface area contributed by atoms with Gasteiger partial charge in [-0.2, -0.15) is 5.10 Å². The fourth-order valence-corrected chi connectivity index (χ4v) is 2.21. The van der Waals surface area contributed by atoms with Crippen molar-refractivity contribution in [1.82, 2.24) is 15.1 Å². The molecule has 0 spiro atoms. The first-order valence-corrected chi connectivity index (χ1v) is 7.33. The van der Waals surface area contributed by atoms with Gasteiger partial charge in [0.25, 0.3) is 5.91 Å². The second kappa shape index (κ2) is 6.83. The van der Waals surface area contributed by atoms with E-state index in [2.05, 4.69) is 10.4 Å². The van der Waals surface area contributed by atoms with Crippen molar-refractivity contribution < 1.29 is 14.3 Å². The number of carbonyl (C=O) groups is 1. The van der Waals surface area contributed by atoms with Gasteiger partial charge in [-0.15, -0.1) is 0 Å². The van der Waals surface area contributed by atoms with E-state index in [0.717, 1.165) is 5.56 Å². The van der Waals surface area contributed by atoms with Gasteiger partial charge in [0, 0.05) is 18.9 Å². The number of hydrogen-bond donors (Lipinski definition) is 2. The molecule has 6 nitrogen and oxygen atoms in total. The summed E-state index contributed by atoms with van der Waals surface area (Å²) in [7, 11) is 0. The van der Waals surface area contributed by atoms with Gasteiger partial charge in [0.15, 0.2) is 5.76 Å². The number of furan rings is 1. The molecular formula is C17H17N3O3. The van der Waals surface area contributed by atoms with E-state index < -0.39 is 0 Å². The minimum Gasteiger partial charge on any atom is -0.508 e. The number of nitrogens with zero attached hydrogens (tertiary/aromatic N) is 2. The average molecular weight is 311 g/mol. The molecule has 2 N–H and O–H groups in total. The van der Waals surface area contributed by atoms with Crippen LogP contribution in [0.1, 0.15) is 21.9 Å². The highest BCUT2D eigenvalue weighted by Gasteiger charge is 2.11. The molecule has 0 fully saturated rings. The van der Waals surface area contributed by atoms with Gasteiger partial charge in [-0.05, 0) is 42.3 Å². The number of aromatic hydroxyl groups is 1. The summed E-state index contributed by atoms with van der Waals surface area (Å²) in [6, 6.07) is 12.2. The average Bonchev–Trinajstić information content (AvgIpc) is 3.21. The molecule has 0 bridgehead atoms. The Morgan fingerprint density at radius 2 is 2.04 bits per heavy atom. The van der Waals surface area contributed by atoms with Crippen molar-refractivity contribution in [1.29, 1.82) is 0 Å². The van der Waals surface area contributed by atoms with Crippen LogP contribution in [-0.4, -0.2) is 27.3 Å². The molecule has 3 rings (SSSR count). The summed E-state index contributed by atoms with van der Waals surface area (Å²) in [5.74, 6) is 0.962. The molecule has 2 aromatic heterocycles. The summed E-state index contributed by atoms with van der Waals surface area (Å²) in [6.45, 7) is 0.993. The highest BCUT2D eigenvalue weighted by Crippen LogP contribution is 2.11. The van der Waals surface area contributed by atoms with Crippen LogP contribution in [0.5, 0.6) is 5.75 Å². The van der Waals surface area contributed by atoms with Gasteiger partial charge in [-0.3, -0.25) is 9.48 Å². The minimum absolute atomic E-state index is 0.234. The molecule has 3 aromatic rings. The van der Waals surface area contributed by atoms with E-state index in [0.29, 0.717) is 25.3 Å². The molecule has 23 heavy (non-hydrogen) atoms. The van der Waals surface area contributed by atoms with E-state index in [1.165, 1.54) is 0 Å². The molecule has 0 radical (unpaired) electrons. The zero-order chi connectivity index (χ0) is 16.1. The van der Waals surface area contributed by atoms with Crippen LogP contribution >= 0.6 is 0 Å². The molecule has 1 aromatic carbocycles. The maximum atomic E-state index is 12.0. The predicted octanol–water partition coefficient (Wildman–Crippen LogP) is 2.20. The first-order valence-electron chi connectivity index (χ1n) is 7.33. The quantitative estimate of drug-likeness (QED) is 0.731. The summed E-state index contributed by atoms with van der Waals surface area (Å²) in [6.07, 6.45) is 4.21. The Bertz CT molecular complexity index is 761. The molecule has 6 heteroatoms. The zero-order valence-corrected chi connectivity index (χ0v) is 12.5. The monoisotopic (exact) mass is 311 g/mol. The lowest BCUT2D eigenvalue weighted by Crippen LogP contribution is -2.25. The number of nitrogens with one attached hydrogen (secondary N) is 1. The van der Waals surface area contributed by atoms with Crippen LogP contribution in [0, 0.1) is 0 Å². The molecule has 0 atom stereocenters. The van der Waals surface area contributed by atoms with E-state index >= 15 is 0 Å². The number of amides is 1. The topological polar surface area (TPSA) is 80.3 Å². The summed E-state index contributed by atoms with van der Waals surface area (Å²) in [5, 5.41) is 16.1. The lowest BCUT2D eigenvalue weighted by molar-refractivity contribution is 0.0924. The molecule has 0 aliphatic heterocycles. The maximum Gasteiger partial charge on any atom is 0.287 e. The first kappa shape index (κ1) is 14.9. The number of rotatable bonds is 6. The maximum absolute atomic E-state index is 12.0. The fraction of sp³-hybridized carbons (Fsp3) is 0.176. The Balaban J connectivity index is 1.50. The fourth-order valence-electron chi connectivity index (χ4n) is 2.21. The lowest BCUT2D eigenvalue weighted by Gasteiger charge is -2.04. The highest BCUT2D eigenvalue weighted by atomic mass is 16.4. The van der Waals surface area contributed by atoms with Crippen LogP contribution in [-0.2, 0) is 13.0 Å². The number of benzene rings is 1. The predicted molar refractivity (Wildman–Crippen MR) is 84.2 cm³/mol. The van der Waals surface area contributed by atoms with E-state index in [1.54, 1.807) is 35.1 Å². The Morgan fingerprint density at radius 1 is 1.22 bits per heavy atom. The van der Waals surface area contributed by atoms with Crippen molar-refractivity contribution in [3.05, 3.63) is 71.9 Å². The molecular weight excluding hydrogens is 294 g/mol. The smallest absolute Gasteiger partial charge is 0.287 e. The van der Waals surface area contributed by atoms with Crippen molar-refractivity contribution in [3.8, 4) is 5.75 Å². The number of phenolic OH excluding ortho intramolecular Hbond substituents is 1. The van der Waals surface area contributed by atoms with Crippen LogP contribution in [0.25, 0.3) is 0 Å². The van der Waals surface area contributed by atoms with Crippen molar-refractivity contribution in [2.75, 3.05) is 6.54 Å². The summed E-state index contributed by atoms with van der Waals surface area (Å²) in [4.78, 5) is 12.0. The van der Waals surface area contributed by atoms with Gasteiger partial charge >= 0.3 is 0 Å². The molecule has 1 amide bonds. The summed E-state index contributed by atoms with van der Waals surface area (Å²) < 4.78 is 7.26. The second-order valence-electron chi connectivity index (χ2n) is 5.14. The Labute approximate surface area is 133 Å². The van der Waals surface area contributed by atoms with Crippen LogP contribution < -0.4 is 5.32 Å². The Morgan fingerprint density at radius 3 is 2.78 bits per heavy atom. The van der Waals surface area contributed by atoms with Crippen molar-refractivity contribution >= 4 is 5.91 Å². The van der Waals surface area contributed by atoms with Crippen molar-refractivity contribution in [2.24, 2.45) is 0 Å². The first-order chi connectivity index (χ1) is 11.2. The number of carbonyl (C=O) groups excluding carboxylic acids is 1. The third-order valence-corrected chi connectivity index (χ3v) is 3.40. The van der Waals surface area contributed by atoms with Gasteiger partial charge in [-0.1, -0.05) is 12.1 Å². The van der Waals surface area contributed by atoms with Crippen LogP contribution in [0.2, 0.25) is 0 Å². The summed E-state index contributed by atoms with van der Waals surface area (Å²) in [5.41, 5.74) is 1.04. The van der Waals surface area contributed by atoms with Gasteiger partial charge in [0.2, 0.25) is 0 Å². The van der Waals surface area contributed by atoms with Crippen LogP contribution in [0.3, 0.4) is 0 Å². The Hall–Kier alpha value is -3.02. The van der Waals surface area contributed by atoms with Gasteiger partial charge < -0.3 is 14.8 Å². The molecule has 0 saturated carbocycles. The van der Waals surface area contributed by atoms with E-state index in [-0.39, 0.29) is 17.4 Å². The minimum atomic E-state index is -0.240. The molecule has 118 valence electrons. The number of hydrogen-bond acceptors (Lipinski definition) is 4. The van der Waals surface area contributed by atoms with Gasteiger partial charge in [0.1, 0.15) is 11.5 Å². The van der Waals surface area contributed by atoms with Gasteiger partial charge in [0.05, 0.1) is 6.54 Å². The molecule has 0 saturated heterocycles. The highest BCUT2D eigenvalue weighted by molar-refractivity contribution is 5.91. The normalized spacial score (nSPS) is 10.6.